The van der Waals surface area contributed by atoms with E-state index in [0.29, 0.717) is 18.4 Å². The van der Waals surface area contributed by atoms with Gasteiger partial charge in [0.25, 0.3) is 5.56 Å². The summed E-state index contributed by atoms with van der Waals surface area (Å²) >= 11 is 0. The fraction of sp³-hybridized carbons (Fsp3) is 0.667. The van der Waals surface area contributed by atoms with E-state index in [1.165, 1.54) is 10.8 Å². The second-order valence-electron chi connectivity index (χ2n) is 5.40. The Kier molecular flexibility index (Phi) is 3.16. The number of aromatic nitrogens is 2. The Labute approximate surface area is 104 Å². The van der Waals surface area contributed by atoms with Crippen LogP contribution in [-0.2, 0) is 0 Å². The van der Waals surface area contributed by atoms with Crippen LogP contribution in [0.1, 0.15) is 31.4 Å². The number of nitrogens with zero attached hydrogens (tertiary/aromatic N) is 1. The molecule has 18 heavy (non-hydrogen) atoms. The highest BCUT2D eigenvalue weighted by Crippen LogP contribution is 2.43. The van der Waals surface area contributed by atoms with Crippen LogP contribution < -0.4 is 11.2 Å². The topological polar surface area (TPSA) is 95.3 Å². The second-order valence-corrected chi connectivity index (χ2v) is 5.40. The van der Waals surface area contributed by atoms with Gasteiger partial charge in [-0.3, -0.25) is 14.3 Å². The van der Waals surface area contributed by atoms with Gasteiger partial charge in [0.15, 0.2) is 0 Å². The third-order valence-corrected chi connectivity index (χ3v) is 3.90. The molecule has 1 heterocycles. The standard InChI is InChI=1S/C12H18N2O4/c1-7-5-14(11(18)13-10(7)17)8-3-9(16)12(2,4-8)6-15/h5,8-9,15-16H,3-4,6H2,1-2H3,(H,13,17,18)/t8-,9-,12-/m0/s1. The van der Waals surface area contributed by atoms with E-state index in [9.17, 15) is 19.8 Å². The molecule has 3 N–H and O–H groups in total. The molecule has 0 aliphatic heterocycles. The van der Waals surface area contributed by atoms with Crippen LogP contribution >= 0.6 is 0 Å². The summed E-state index contributed by atoms with van der Waals surface area (Å²) in [5.74, 6) is 0. The highest BCUT2D eigenvalue weighted by molar-refractivity contribution is 5.04. The van der Waals surface area contributed by atoms with Crippen molar-refractivity contribution in [2.24, 2.45) is 5.41 Å². The molecule has 1 aliphatic carbocycles. The van der Waals surface area contributed by atoms with Gasteiger partial charge in [-0.1, -0.05) is 6.92 Å². The molecular formula is C12H18N2O4. The first-order chi connectivity index (χ1) is 8.37. The monoisotopic (exact) mass is 254 g/mol. The lowest BCUT2D eigenvalue weighted by Crippen LogP contribution is -2.33. The molecule has 6 heteroatoms. The number of nitrogens with one attached hydrogen (secondary N) is 1. The van der Waals surface area contributed by atoms with Gasteiger partial charge in [0.2, 0.25) is 0 Å². The Morgan fingerprint density at radius 2 is 2.22 bits per heavy atom. The first-order valence-corrected chi connectivity index (χ1v) is 5.98. The molecule has 0 saturated heterocycles. The van der Waals surface area contributed by atoms with Crippen LogP contribution in [0.4, 0.5) is 0 Å². The maximum absolute atomic E-state index is 11.7. The van der Waals surface area contributed by atoms with Crippen molar-refractivity contribution in [3.8, 4) is 0 Å². The Morgan fingerprint density at radius 3 is 2.78 bits per heavy atom. The predicted octanol–water partition coefficient (Wildman–Crippen LogP) is -0.461. The van der Waals surface area contributed by atoms with Gasteiger partial charge in [-0.2, -0.15) is 0 Å². The molecule has 1 fully saturated rings. The molecule has 0 aromatic carbocycles. The van der Waals surface area contributed by atoms with Gasteiger partial charge in [0.1, 0.15) is 0 Å². The average molecular weight is 254 g/mol. The van der Waals surface area contributed by atoms with Crippen molar-refractivity contribution in [1.82, 2.24) is 9.55 Å². The molecule has 3 atom stereocenters. The molecule has 1 aromatic heterocycles. The van der Waals surface area contributed by atoms with E-state index in [2.05, 4.69) is 4.98 Å². The summed E-state index contributed by atoms with van der Waals surface area (Å²) in [5.41, 5.74) is -0.986. The van der Waals surface area contributed by atoms with Crippen molar-refractivity contribution < 1.29 is 10.2 Å². The van der Waals surface area contributed by atoms with Crippen LogP contribution in [0.3, 0.4) is 0 Å². The third-order valence-electron chi connectivity index (χ3n) is 3.90. The van der Waals surface area contributed by atoms with Gasteiger partial charge in [-0.25, -0.2) is 4.79 Å². The Bertz CT molecular complexity index is 562. The minimum atomic E-state index is -0.647. The summed E-state index contributed by atoms with van der Waals surface area (Å²) in [6, 6.07) is -0.194. The Balaban J connectivity index is 2.38. The highest BCUT2D eigenvalue weighted by Gasteiger charge is 2.43. The molecule has 1 aromatic rings. The highest BCUT2D eigenvalue weighted by atomic mass is 16.3. The van der Waals surface area contributed by atoms with E-state index in [1.54, 1.807) is 13.8 Å². The van der Waals surface area contributed by atoms with E-state index < -0.39 is 17.2 Å². The van der Waals surface area contributed by atoms with E-state index in [0.717, 1.165) is 0 Å². The molecular weight excluding hydrogens is 236 g/mol. The average Bonchev–Trinajstić information content (AvgIpc) is 2.61. The zero-order chi connectivity index (χ0) is 13.5. The van der Waals surface area contributed by atoms with Crippen LogP contribution in [-0.4, -0.2) is 32.5 Å². The summed E-state index contributed by atoms with van der Waals surface area (Å²) in [5, 5.41) is 19.3. The maximum atomic E-state index is 11.7. The van der Waals surface area contributed by atoms with Gasteiger partial charge < -0.3 is 10.2 Å². The lowest BCUT2D eigenvalue weighted by Gasteiger charge is -2.24. The molecule has 2 rings (SSSR count). The fourth-order valence-corrected chi connectivity index (χ4v) is 2.54. The maximum Gasteiger partial charge on any atom is 0.328 e. The van der Waals surface area contributed by atoms with Gasteiger partial charge in [0.05, 0.1) is 12.7 Å². The van der Waals surface area contributed by atoms with Crippen molar-refractivity contribution in [3.63, 3.8) is 0 Å². The van der Waals surface area contributed by atoms with Crippen molar-refractivity contribution in [2.45, 2.75) is 38.8 Å². The van der Waals surface area contributed by atoms with E-state index in [4.69, 9.17) is 0 Å². The molecule has 6 nitrogen and oxygen atoms in total. The quantitative estimate of drug-likeness (QED) is 0.665. The smallest absolute Gasteiger partial charge is 0.328 e. The molecule has 100 valence electrons. The Morgan fingerprint density at radius 1 is 1.56 bits per heavy atom. The van der Waals surface area contributed by atoms with Crippen molar-refractivity contribution in [1.29, 1.82) is 0 Å². The number of rotatable bonds is 2. The number of H-pyrrole nitrogens is 1. The minimum Gasteiger partial charge on any atom is -0.396 e. The van der Waals surface area contributed by atoms with Crippen molar-refractivity contribution in [3.05, 3.63) is 32.6 Å². The van der Waals surface area contributed by atoms with Crippen molar-refractivity contribution in [2.75, 3.05) is 6.61 Å². The van der Waals surface area contributed by atoms with E-state index in [-0.39, 0.29) is 18.2 Å². The molecule has 0 amide bonds. The SMILES string of the molecule is Cc1cn([C@H]2C[C@H](O)[C@](C)(CO)C2)c(=O)[nH]c1=O. The zero-order valence-electron chi connectivity index (χ0n) is 10.5. The summed E-state index contributed by atoms with van der Waals surface area (Å²) in [7, 11) is 0. The minimum absolute atomic E-state index is 0.123. The summed E-state index contributed by atoms with van der Waals surface area (Å²) in [6.07, 6.45) is 1.78. The molecule has 1 saturated carbocycles. The van der Waals surface area contributed by atoms with E-state index in [1.807, 2.05) is 0 Å². The van der Waals surface area contributed by atoms with Crippen molar-refractivity contribution >= 4 is 0 Å². The number of hydrogen-bond donors (Lipinski definition) is 3. The number of aliphatic hydroxyl groups is 2. The fourth-order valence-electron chi connectivity index (χ4n) is 2.54. The molecule has 0 unspecified atom stereocenters. The number of aliphatic hydroxyl groups excluding tert-OH is 2. The number of aryl methyl sites for hydroxylation is 1. The second kappa shape index (κ2) is 4.37. The normalized spacial score (nSPS) is 31.8. The lowest BCUT2D eigenvalue weighted by molar-refractivity contribution is 0.0201. The first kappa shape index (κ1) is 13.0. The van der Waals surface area contributed by atoms with Gasteiger partial charge in [0, 0.05) is 23.2 Å². The summed E-state index contributed by atoms with van der Waals surface area (Å²) in [4.78, 5) is 25.3. The number of hydrogen-bond acceptors (Lipinski definition) is 4. The van der Waals surface area contributed by atoms with E-state index >= 15 is 0 Å². The van der Waals surface area contributed by atoms with Crippen LogP contribution in [0.2, 0.25) is 0 Å². The van der Waals surface area contributed by atoms with Gasteiger partial charge in [-0.15, -0.1) is 0 Å². The van der Waals surface area contributed by atoms with Crippen LogP contribution in [0.5, 0.6) is 0 Å². The van der Waals surface area contributed by atoms with Crippen LogP contribution in [0.15, 0.2) is 15.8 Å². The Hall–Kier alpha value is -1.40. The van der Waals surface area contributed by atoms with Gasteiger partial charge in [-0.05, 0) is 19.8 Å². The van der Waals surface area contributed by atoms with Gasteiger partial charge >= 0.3 is 5.69 Å². The molecule has 1 aliphatic rings. The zero-order valence-corrected chi connectivity index (χ0v) is 10.5. The van der Waals surface area contributed by atoms with Crippen LogP contribution in [0.25, 0.3) is 0 Å². The number of aromatic amines is 1. The largest absolute Gasteiger partial charge is 0.396 e. The lowest BCUT2D eigenvalue weighted by atomic mass is 9.87. The third kappa shape index (κ3) is 2.02. The van der Waals surface area contributed by atoms with Crippen LogP contribution in [0, 0.1) is 12.3 Å². The first-order valence-electron chi connectivity index (χ1n) is 5.98. The summed E-state index contributed by atoms with van der Waals surface area (Å²) in [6.45, 7) is 3.30. The summed E-state index contributed by atoms with van der Waals surface area (Å²) < 4.78 is 1.45. The molecule has 0 spiro atoms. The molecule has 0 bridgehead atoms. The predicted molar refractivity (Wildman–Crippen MR) is 65.5 cm³/mol. The molecule has 0 radical (unpaired) electrons.